The minimum absolute atomic E-state index is 0.00850. The number of allylic oxidation sites excluding steroid dienone is 1. The highest BCUT2D eigenvalue weighted by molar-refractivity contribution is 6.40. The van der Waals surface area contributed by atoms with Crippen LogP contribution >= 0.6 is 23.2 Å². The molecule has 0 fully saturated rings. The largest absolute Gasteiger partial charge is 0.480 e. The molecule has 0 unspecified atom stereocenters. The molecule has 3 aromatic carbocycles. The molecule has 1 aliphatic rings. The molecule has 0 bridgehead atoms. The van der Waals surface area contributed by atoms with Crippen LogP contribution in [0.4, 0.5) is 5.69 Å². The van der Waals surface area contributed by atoms with E-state index in [1.54, 1.807) is 54.6 Å². The number of hydrogen-bond donors (Lipinski definition) is 4. The molecule has 0 spiro atoms. The highest BCUT2D eigenvalue weighted by Gasteiger charge is 2.23. The van der Waals surface area contributed by atoms with Crippen LogP contribution in [0, 0.1) is 0 Å². The lowest BCUT2D eigenvalue weighted by molar-refractivity contribution is -0.141. The number of carboxylic acid groups (broad SMARTS) is 2. The Hall–Kier alpha value is -4.14. The van der Waals surface area contributed by atoms with E-state index >= 15 is 0 Å². The minimum atomic E-state index is -1.20. The Kier molecular flexibility index (Phi) is 8.69. The van der Waals surface area contributed by atoms with E-state index in [1.165, 1.54) is 12.1 Å². The van der Waals surface area contributed by atoms with Crippen LogP contribution in [-0.4, -0.2) is 40.0 Å². The van der Waals surface area contributed by atoms with Gasteiger partial charge >= 0.3 is 11.9 Å². The number of halogens is 2. The molecule has 39 heavy (non-hydrogen) atoms. The maximum absolute atomic E-state index is 12.8. The molecule has 2 amide bonds. The van der Waals surface area contributed by atoms with Gasteiger partial charge in [-0.25, -0.2) is 9.59 Å². The zero-order valence-electron chi connectivity index (χ0n) is 20.5. The van der Waals surface area contributed by atoms with E-state index in [9.17, 15) is 29.4 Å². The van der Waals surface area contributed by atoms with E-state index in [-0.39, 0.29) is 27.6 Å². The lowest BCUT2D eigenvalue weighted by Gasteiger charge is -2.21. The molecule has 0 saturated heterocycles. The second-order valence-corrected chi connectivity index (χ2v) is 9.83. The van der Waals surface area contributed by atoms with Crippen LogP contribution in [0.3, 0.4) is 0 Å². The van der Waals surface area contributed by atoms with Crippen LogP contribution < -0.4 is 10.6 Å². The SMILES string of the molecule is O=C(/C=C1/CCCc2c(C(=O)O)cccc21)N[C@@H](Cc1ccc(NC(=O)c2c(Cl)cccc2Cl)cc1)C(=O)O. The summed E-state index contributed by atoms with van der Waals surface area (Å²) in [5.74, 6) is -3.29. The zero-order valence-corrected chi connectivity index (χ0v) is 22.1. The molecule has 4 N–H and O–H groups in total. The molecule has 0 saturated carbocycles. The third-order valence-electron chi connectivity index (χ3n) is 6.39. The fourth-order valence-corrected chi connectivity index (χ4v) is 5.11. The lowest BCUT2D eigenvalue weighted by Crippen LogP contribution is -2.41. The van der Waals surface area contributed by atoms with Crippen LogP contribution in [0.25, 0.3) is 5.57 Å². The molecule has 10 heteroatoms. The normalized spacial score (nSPS) is 14.3. The first-order valence-corrected chi connectivity index (χ1v) is 12.8. The summed E-state index contributed by atoms with van der Waals surface area (Å²) in [6.07, 6.45) is 3.21. The Labute approximate surface area is 234 Å². The summed E-state index contributed by atoms with van der Waals surface area (Å²) in [7, 11) is 0. The molecule has 0 aliphatic heterocycles. The van der Waals surface area contributed by atoms with Crippen molar-refractivity contribution in [2.45, 2.75) is 31.7 Å². The van der Waals surface area contributed by atoms with Gasteiger partial charge in [-0.2, -0.15) is 0 Å². The summed E-state index contributed by atoms with van der Waals surface area (Å²) >= 11 is 12.2. The van der Waals surface area contributed by atoms with Crippen LogP contribution in [-0.2, 0) is 22.4 Å². The summed E-state index contributed by atoms with van der Waals surface area (Å²) in [5, 5.41) is 24.8. The van der Waals surface area contributed by atoms with E-state index in [1.807, 2.05) is 0 Å². The van der Waals surface area contributed by atoms with Crippen LogP contribution in [0.5, 0.6) is 0 Å². The number of anilines is 1. The van der Waals surface area contributed by atoms with Gasteiger partial charge in [0, 0.05) is 18.2 Å². The Morgan fingerprint density at radius 2 is 1.56 bits per heavy atom. The monoisotopic (exact) mass is 566 g/mol. The number of benzene rings is 3. The van der Waals surface area contributed by atoms with Crippen molar-refractivity contribution in [1.82, 2.24) is 5.32 Å². The Bertz CT molecular complexity index is 1460. The highest BCUT2D eigenvalue weighted by atomic mass is 35.5. The van der Waals surface area contributed by atoms with Crippen molar-refractivity contribution in [2.75, 3.05) is 5.32 Å². The number of fused-ring (bicyclic) bond motifs is 1. The van der Waals surface area contributed by atoms with Crippen molar-refractivity contribution in [1.29, 1.82) is 0 Å². The van der Waals surface area contributed by atoms with E-state index in [0.29, 0.717) is 47.2 Å². The molecule has 200 valence electrons. The Balaban J connectivity index is 1.44. The van der Waals surface area contributed by atoms with Crippen molar-refractivity contribution in [3.05, 3.63) is 105 Å². The summed E-state index contributed by atoms with van der Waals surface area (Å²) in [6.45, 7) is 0. The number of carbonyl (C=O) groups is 4. The number of rotatable bonds is 8. The molecule has 0 heterocycles. The number of hydrogen-bond acceptors (Lipinski definition) is 4. The first-order chi connectivity index (χ1) is 18.6. The third kappa shape index (κ3) is 6.66. The minimum Gasteiger partial charge on any atom is -0.480 e. The van der Waals surface area contributed by atoms with Crippen LogP contribution in [0.2, 0.25) is 10.0 Å². The van der Waals surface area contributed by atoms with E-state index in [4.69, 9.17) is 23.2 Å². The second-order valence-electron chi connectivity index (χ2n) is 9.01. The third-order valence-corrected chi connectivity index (χ3v) is 7.02. The molecule has 1 aliphatic carbocycles. The fraction of sp³-hybridized carbons (Fsp3) is 0.172. The maximum Gasteiger partial charge on any atom is 0.335 e. The number of carbonyl (C=O) groups excluding carboxylic acids is 2. The van der Waals surface area contributed by atoms with E-state index in [0.717, 1.165) is 0 Å². The fourth-order valence-electron chi connectivity index (χ4n) is 4.54. The maximum atomic E-state index is 12.8. The highest BCUT2D eigenvalue weighted by Crippen LogP contribution is 2.33. The average Bonchev–Trinajstić information content (AvgIpc) is 2.89. The molecule has 3 aromatic rings. The van der Waals surface area contributed by atoms with Crippen molar-refractivity contribution < 1.29 is 29.4 Å². The zero-order chi connectivity index (χ0) is 28.1. The van der Waals surface area contributed by atoms with Crippen molar-refractivity contribution in [3.63, 3.8) is 0 Å². The summed E-state index contributed by atoms with van der Waals surface area (Å²) in [6, 6.07) is 15.0. The standard InChI is InChI=1S/C29H24Cl2N2O6/c30-22-8-3-9-23(31)26(22)27(35)32-18-12-10-16(11-13-18)14-24(29(38)39)33-25(34)15-17-4-1-6-20-19(17)5-2-7-21(20)28(36)37/h2-3,5,7-13,15,24H,1,4,6,14H2,(H,32,35)(H,33,34)(H,36,37)(H,38,39)/b17-15-/t24-/m0/s1. The molecule has 1 atom stereocenters. The first-order valence-electron chi connectivity index (χ1n) is 12.1. The summed E-state index contributed by atoms with van der Waals surface area (Å²) in [5.41, 5.74) is 3.46. The predicted molar refractivity (Wildman–Crippen MR) is 148 cm³/mol. The number of aliphatic carboxylic acids is 1. The molecular formula is C29H24Cl2N2O6. The van der Waals surface area contributed by atoms with Gasteiger partial charge in [0.1, 0.15) is 6.04 Å². The molecule has 4 rings (SSSR count). The van der Waals surface area contributed by atoms with E-state index in [2.05, 4.69) is 10.6 Å². The van der Waals surface area contributed by atoms with E-state index < -0.39 is 29.8 Å². The number of aromatic carboxylic acids is 1. The Morgan fingerprint density at radius 1 is 0.897 bits per heavy atom. The van der Waals surface area contributed by atoms with Crippen molar-refractivity contribution in [3.8, 4) is 0 Å². The average molecular weight is 567 g/mol. The summed E-state index contributed by atoms with van der Waals surface area (Å²) < 4.78 is 0. The van der Waals surface area contributed by atoms with Gasteiger partial charge in [-0.05, 0) is 71.9 Å². The molecule has 0 radical (unpaired) electrons. The smallest absolute Gasteiger partial charge is 0.335 e. The van der Waals surface area contributed by atoms with Crippen LogP contribution in [0.1, 0.15) is 50.2 Å². The van der Waals surface area contributed by atoms with Gasteiger partial charge < -0.3 is 20.8 Å². The van der Waals surface area contributed by atoms with Gasteiger partial charge in [-0.1, -0.05) is 53.5 Å². The first kappa shape index (κ1) is 27.9. The Morgan fingerprint density at radius 3 is 2.21 bits per heavy atom. The molecule has 0 aromatic heterocycles. The van der Waals surface area contributed by atoms with Crippen LogP contribution in [0.15, 0.2) is 66.7 Å². The van der Waals surface area contributed by atoms with Gasteiger partial charge in [0.15, 0.2) is 0 Å². The van der Waals surface area contributed by atoms with Gasteiger partial charge in [0.2, 0.25) is 5.91 Å². The topological polar surface area (TPSA) is 133 Å². The number of nitrogens with one attached hydrogen (secondary N) is 2. The van der Waals surface area contributed by atoms with Gasteiger partial charge in [-0.3, -0.25) is 9.59 Å². The lowest BCUT2D eigenvalue weighted by atomic mass is 9.84. The predicted octanol–water partition coefficient (Wildman–Crippen LogP) is 5.48. The number of carboxylic acids is 2. The summed E-state index contributed by atoms with van der Waals surface area (Å²) in [4.78, 5) is 48.8. The number of amides is 2. The van der Waals surface area contributed by atoms with Crippen molar-refractivity contribution in [2.24, 2.45) is 0 Å². The second kappa shape index (κ2) is 12.1. The van der Waals surface area contributed by atoms with Crippen molar-refractivity contribution >= 4 is 58.2 Å². The molecular weight excluding hydrogens is 543 g/mol. The molecule has 8 nitrogen and oxygen atoms in total. The quantitative estimate of drug-likeness (QED) is 0.267. The van der Waals surface area contributed by atoms with Gasteiger partial charge in [0.25, 0.3) is 5.91 Å². The van der Waals surface area contributed by atoms with Gasteiger partial charge in [-0.15, -0.1) is 0 Å². The van der Waals surface area contributed by atoms with Gasteiger partial charge in [0.05, 0.1) is 21.2 Å².